The third kappa shape index (κ3) is 6.83. The molecule has 2 aromatic carbocycles. The summed E-state index contributed by atoms with van der Waals surface area (Å²) in [5.74, 6) is -1.01. The van der Waals surface area contributed by atoms with Crippen molar-refractivity contribution in [3.8, 4) is 17.2 Å². The van der Waals surface area contributed by atoms with E-state index in [0.717, 1.165) is 6.08 Å². The zero-order valence-electron chi connectivity index (χ0n) is 16.8. The van der Waals surface area contributed by atoms with Gasteiger partial charge >= 0.3 is 6.18 Å². The van der Waals surface area contributed by atoms with E-state index in [-0.39, 0.29) is 17.2 Å². The van der Waals surface area contributed by atoms with Gasteiger partial charge in [-0.1, -0.05) is 12.1 Å². The molecule has 0 fully saturated rings. The van der Waals surface area contributed by atoms with Gasteiger partial charge < -0.3 is 14.8 Å². The average Bonchev–Trinajstić information content (AvgIpc) is 2.74. The first-order valence-electron chi connectivity index (χ1n) is 9.36. The minimum atomic E-state index is -4.51. The Labute approximate surface area is 181 Å². The summed E-state index contributed by atoms with van der Waals surface area (Å²) >= 11 is 0. The maximum absolute atomic E-state index is 14.3. The molecular formula is C23H18F4N2O3. The Morgan fingerprint density at radius 1 is 1.12 bits per heavy atom. The van der Waals surface area contributed by atoms with Crippen LogP contribution in [0.15, 0.2) is 67.0 Å². The van der Waals surface area contributed by atoms with Crippen LogP contribution >= 0.6 is 0 Å². The molecule has 32 heavy (non-hydrogen) atoms. The highest BCUT2D eigenvalue weighted by atomic mass is 19.4. The smallest absolute Gasteiger partial charge is 0.422 e. The number of aromatic nitrogens is 1. The predicted octanol–water partition coefficient (Wildman–Crippen LogP) is 5.91. The van der Waals surface area contributed by atoms with E-state index in [4.69, 9.17) is 9.47 Å². The van der Waals surface area contributed by atoms with Crippen LogP contribution in [0.4, 0.5) is 23.2 Å². The molecule has 1 heterocycles. The number of carbonyl (C=O) groups excluding carboxylic acids is 1. The van der Waals surface area contributed by atoms with Gasteiger partial charge in [-0.05, 0) is 60.5 Å². The van der Waals surface area contributed by atoms with Crippen LogP contribution < -0.4 is 14.8 Å². The number of amides is 1. The summed E-state index contributed by atoms with van der Waals surface area (Å²) in [5, 5.41) is 2.46. The number of nitrogens with zero attached hydrogens (tertiary/aromatic N) is 1. The molecule has 1 amide bonds. The van der Waals surface area contributed by atoms with Crippen molar-refractivity contribution < 1.29 is 31.8 Å². The summed E-state index contributed by atoms with van der Waals surface area (Å²) < 4.78 is 61.9. The maximum Gasteiger partial charge on any atom is 0.422 e. The molecule has 9 heteroatoms. The average molecular weight is 446 g/mol. The molecule has 0 saturated carbocycles. The van der Waals surface area contributed by atoms with E-state index in [9.17, 15) is 22.4 Å². The molecule has 0 aliphatic heterocycles. The fourth-order valence-electron chi connectivity index (χ4n) is 2.60. The lowest BCUT2D eigenvalue weighted by Crippen LogP contribution is -2.20. The second-order valence-corrected chi connectivity index (χ2v) is 6.71. The lowest BCUT2D eigenvalue weighted by molar-refractivity contribution is -0.153. The second-order valence-electron chi connectivity index (χ2n) is 6.71. The SMILES string of the molecule is Cc1ccc(NC(=O)/C=C/c2ccc(Oc3cccnc3)c(F)c2)c(OCC(F)(F)F)c1. The molecule has 0 aliphatic carbocycles. The highest BCUT2D eigenvalue weighted by molar-refractivity contribution is 6.02. The Bertz CT molecular complexity index is 1120. The highest BCUT2D eigenvalue weighted by Gasteiger charge is 2.29. The summed E-state index contributed by atoms with van der Waals surface area (Å²) in [6.07, 6.45) is 0.974. The van der Waals surface area contributed by atoms with Gasteiger partial charge in [-0.15, -0.1) is 0 Å². The molecule has 0 saturated heterocycles. The van der Waals surface area contributed by atoms with E-state index >= 15 is 0 Å². The predicted molar refractivity (Wildman–Crippen MR) is 111 cm³/mol. The Kier molecular flexibility index (Phi) is 7.09. The van der Waals surface area contributed by atoms with Crippen LogP contribution in [0, 0.1) is 12.7 Å². The van der Waals surface area contributed by atoms with Crippen molar-refractivity contribution in [2.24, 2.45) is 0 Å². The standard InChI is InChI=1S/C23H18F4N2O3/c1-15-4-7-19(21(11-15)31-14-23(25,26)27)29-22(30)9-6-16-5-8-20(18(24)12-16)32-17-3-2-10-28-13-17/h2-13H,14H2,1H3,(H,29,30)/b9-6+. The van der Waals surface area contributed by atoms with Gasteiger partial charge in [0.2, 0.25) is 5.91 Å². The topological polar surface area (TPSA) is 60.5 Å². The van der Waals surface area contributed by atoms with Crippen molar-refractivity contribution in [2.75, 3.05) is 11.9 Å². The number of anilines is 1. The molecule has 3 aromatic rings. The molecule has 0 radical (unpaired) electrons. The Morgan fingerprint density at radius 2 is 1.94 bits per heavy atom. The lowest BCUT2D eigenvalue weighted by Gasteiger charge is -2.14. The van der Waals surface area contributed by atoms with Gasteiger partial charge in [-0.25, -0.2) is 4.39 Å². The van der Waals surface area contributed by atoms with Crippen molar-refractivity contribution in [3.05, 3.63) is 83.9 Å². The number of halogens is 4. The molecule has 0 spiro atoms. The van der Waals surface area contributed by atoms with Gasteiger partial charge in [0.05, 0.1) is 11.9 Å². The molecule has 5 nitrogen and oxygen atoms in total. The van der Waals surface area contributed by atoms with E-state index in [1.165, 1.54) is 36.5 Å². The number of rotatable bonds is 7. The van der Waals surface area contributed by atoms with E-state index < -0.39 is 24.5 Å². The number of aryl methyl sites for hydroxylation is 1. The van der Waals surface area contributed by atoms with Crippen LogP contribution in [0.3, 0.4) is 0 Å². The molecule has 1 aromatic heterocycles. The summed E-state index contributed by atoms with van der Waals surface area (Å²) in [4.78, 5) is 16.1. The number of carbonyl (C=O) groups is 1. The zero-order chi connectivity index (χ0) is 23.1. The van der Waals surface area contributed by atoms with Crippen LogP contribution in [0.1, 0.15) is 11.1 Å². The molecule has 0 bridgehead atoms. The maximum atomic E-state index is 14.3. The summed E-state index contributed by atoms with van der Waals surface area (Å²) in [6, 6.07) is 11.9. The molecule has 3 rings (SSSR count). The van der Waals surface area contributed by atoms with Crippen LogP contribution in [-0.2, 0) is 4.79 Å². The van der Waals surface area contributed by atoms with Gasteiger partial charge in [-0.2, -0.15) is 13.2 Å². The molecule has 1 N–H and O–H groups in total. The van der Waals surface area contributed by atoms with Crippen molar-refractivity contribution in [3.63, 3.8) is 0 Å². The normalized spacial score (nSPS) is 11.4. The summed E-state index contributed by atoms with van der Waals surface area (Å²) in [7, 11) is 0. The Hall–Kier alpha value is -3.88. The largest absolute Gasteiger partial charge is 0.482 e. The molecule has 0 unspecified atom stereocenters. The van der Waals surface area contributed by atoms with Gasteiger partial charge in [0.1, 0.15) is 11.5 Å². The minimum Gasteiger partial charge on any atom is -0.482 e. The third-order valence-electron chi connectivity index (χ3n) is 4.03. The summed E-state index contributed by atoms with van der Waals surface area (Å²) in [6.45, 7) is 0.198. The van der Waals surface area contributed by atoms with Gasteiger partial charge in [0.15, 0.2) is 18.2 Å². The first kappa shape index (κ1) is 22.8. The number of alkyl halides is 3. The van der Waals surface area contributed by atoms with Crippen molar-refractivity contribution in [1.29, 1.82) is 0 Å². The monoisotopic (exact) mass is 446 g/mol. The first-order chi connectivity index (χ1) is 15.2. The number of ether oxygens (including phenoxy) is 2. The number of benzene rings is 2. The van der Waals surface area contributed by atoms with Gasteiger partial charge in [-0.3, -0.25) is 9.78 Å². The molecule has 0 aliphatic rings. The first-order valence-corrected chi connectivity index (χ1v) is 9.36. The highest BCUT2D eigenvalue weighted by Crippen LogP contribution is 2.28. The van der Waals surface area contributed by atoms with Crippen molar-refractivity contribution in [1.82, 2.24) is 4.98 Å². The van der Waals surface area contributed by atoms with Gasteiger partial charge in [0, 0.05) is 12.3 Å². The van der Waals surface area contributed by atoms with Crippen LogP contribution in [0.2, 0.25) is 0 Å². The molecular weight excluding hydrogens is 428 g/mol. The lowest BCUT2D eigenvalue weighted by atomic mass is 10.2. The quantitative estimate of drug-likeness (QED) is 0.362. The summed E-state index contributed by atoms with van der Waals surface area (Å²) in [5.41, 5.74) is 1.13. The van der Waals surface area contributed by atoms with Crippen LogP contribution in [0.25, 0.3) is 6.08 Å². The van der Waals surface area contributed by atoms with Crippen LogP contribution in [0.5, 0.6) is 17.2 Å². The number of pyridine rings is 1. The van der Waals surface area contributed by atoms with Crippen molar-refractivity contribution in [2.45, 2.75) is 13.1 Å². The Morgan fingerprint density at radius 3 is 2.62 bits per heavy atom. The number of nitrogens with one attached hydrogen (secondary N) is 1. The van der Waals surface area contributed by atoms with E-state index in [1.54, 1.807) is 37.4 Å². The van der Waals surface area contributed by atoms with Gasteiger partial charge in [0.25, 0.3) is 0 Å². The van der Waals surface area contributed by atoms with Crippen LogP contribution in [-0.4, -0.2) is 23.7 Å². The molecule has 166 valence electrons. The minimum absolute atomic E-state index is 0.00860. The van der Waals surface area contributed by atoms with E-state index in [0.29, 0.717) is 16.9 Å². The number of hydrogen-bond acceptors (Lipinski definition) is 4. The fourth-order valence-corrected chi connectivity index (χ4v) is 2.60. The zero-order valence-corrected chi connectivity index (χ0v) is 16.8. The van der Waals surface area contributed by atoms with E-state index in [2.05, 4.69) is 10.3 Å². The molecule has 0 atom stereocenters. The number of hydrogen-bond donors (Lipinski definition) is 1. The Balaban J connectivity index is 1.66. The second kappa shape index (κ2) is 9.95. The van der Waals surface area contributed by atoms with E-state index in [1.807, 2.05) is 0 Å². The van der Waals surface area contributed by atoms with Crippen molar-refractivity contribution >= 4 is 17.7 Å². The third-order valence-corrected chi connectivity index (χ3v) is 4.03. The fraction of sp³-hybridized carbons (Fsp3) is 0.130.